The van der Waals surface area contributed by atoms with Gasteiger partial charge in [0.25, 0.3) is 10.0 Å². The van der Waals surface area contributed by atoms with Crippen molar-refractivity contribution in [2.45, 2.75) is 17.0 Å². The average molecular weight is 564 g/mol. The molecule has 2 N–H and O–H groups in total. The quantitative estimate of drug-likeness (QED) is 0.248. The molecule has 2 aromatic carbocycles. The Labute approximate surface area is 227 Å². The van der Waals surface area contributed by atoms with Crippen LogP contribution >= 0.6 is 23.1 Å². The molecule has 0 saturated carbocycles. The number of benzene rings is 2. The van der Waals surface area contributed by atoms with Crippen molar-refractivity contribution in [3.05, 3.63) is 90.1 Å². The molecule has 0 atom stereocenters. The van der Waals surface area contributed by atoms with Gasteiger partial charge in [-0.2, -0.15) is 0 Å². The summed E-state index contributed by atoms with van der Waals surface area (Å²) in [5.74, 6) is 0.364. The minimum Gasteiger partial charge on any atom is -0.325 e. The lowest BCUT2D eigenvalue weighted by Gasteiger charge is -2.11. The fourth-order valence-corrected chi connectivity index (χ4v) is 5.98. The van der Waals surface area contributed by atoms with E-state index in [1.165, 1.54) is 53.6 Å². The number of sulfonamides is 1. The summed E-state index contributed by atoms with van der Waals surface area (Å²) in [6.45, 7) is 2.01. The molecule has 3 aromatic heterocycles. The highest BCUT2D eigenvalue weighted by Gasteiger charge is 2.19. The van der Waals surface area contributed by atoms with Crippen LogP contribution in [-0.4, -0.2) is 44.8 Å². The fraction of sp³-hybridized carbons (Fsp3) is 0.0800. The summed E-state index contributed by atoms with van der Waals surface area (Å²) in [5, 5.41) is 13.9. The Morgan fingerprint density at radius 3 is 2.45 bits per heavy atom. The number of anilines is 2. The van der Waals surface area contributed by atoms with E-state index in [-0.39, 0.29) is 21.7 Å². The van der Waals surface area contributed by atoms with Crippen LogP contribution in [0, 0.1) is 6.92 Å². The zero-order valence-electron chi connectivity index (χ0n) is 20.0. The zero-order valence-corrected chi connectivity index (χ0v) is 22.4. The van der Waals surface area contributed by atoms with Crippen molar-refractivity contribution in [2.24, 2.45) is 0 Å². The smallest absolute Gasteiger partial charge is 0.263 e. The van der Waals surface area contributed by atoms with Gasteiger partial charge in [-0.3, -0.25) is 19.1 Å². The summed E-state index contributed by atoms with van der Waals surface area (Å²) in [6.07, 6.45) is 3.21. The van der Waals surface area contributed by atoms with Crippen LogP contribution in [0.3, 0.4) is 0 Å². The normalized spacial score (nSPS) is 11.3. The molecule has 0 bridgehead atoms. The second kappa shape index (κ2) is 11.1. The van der Waals surface area contributed by atoms with Crippen molar-refractivity contribution in [1.82, 2.24) is 24.7 Å². The number of aryl methyl sites for hydroxylation is 1. The van der Waals surface area contributed by atoms with Gasteiger partial charge in [-0.15, -0.1) is 21.5 Å². The summed E-state index contributed by atoms with van der Waals surface area (Å²) in [4.78, 5) is 21.1. The lowest BCUT2D eigenvalue weighted by atomic mass is 10.2. The predicted octanol–water partition coefficient (Wildman–Crippen LogP) is 4.63. The third-order valence-electron chi connectivity index (χ3n) is 5.25. The van der Waals surface area contributed by atoms with Gasteiger partial charge in [-0.05, 0) is 55.5 Å². The molecule has 0 aliphatic rings. The minimum absolute atomic E-state index is 0.0633. The Morgan fingerprint density at radius 1 is 0.974 bits per heavy atom. The SMILES string of the molecule is Cc1ccc(-n2c(SCC(=O)Nc3ccc(S(=O)(=O)Nc4nccs4)cc3)nnc2-c2ccccn2)cc1. The summed E-state index contributed by atoms with van der Waals surface area (Å²) < 4.78 is 29.3. The molecule has 0 unspecified atom stereocenters. The summed E-state index contributed by atoms with van der Waals surface area (Å²) in [5.41, 5.74) is 3.11. The van der Waals surface area contributed by atoms with E-state index in [1.54, 1.807) is 11.6 Å². The first-order valence-electron chi connectivity index (χ1n) is 11.3. The molecule has 10 nitrogen and oxygen atoms in total. The zero-order chi connectivity index (χ0) is 26.5. The van der Waals surface area contributed by atoms with Gasteiger partial charge < -0.3 is 5.32 Å². The highest BCUT2D eigenvalue weighted by molar-refractivity contribution is 7.99. The highest BCUT2D eigenvalue weighted by Crippen LogP contribution is 2.27. The molecule has 192 valence electrons. The van der Waals surface area contributed by atoms with Crippen molar-refractivity contribution in [3.8, 4) is 17.2 Å². The van der Waals surface area contributed by atoms with Gasteiger partial charge in [0.05, 0.1) is 10.6 Å². The Balaban J connectivity index is 1.28. The predicted molar refractivity (Wildman–Crippen MR) is 148 cm³/mol. The van der Waals surface area contributed by atoms with Crippen LogP contribution in [0.25, 0.3) is 17.2 Å². The number of carbonyl (C=O) groups is 1. The number of thiazole rings is 1. The first kappa shape index (κ1) is 25.6. The Bertz CT molecular complexity index is 1640. The number of hydrogen-bond donors (Lipinski definition) is 2. The van der Waals surface area contributed by atoms with Gasteiger partial charge in [0.2, 0.25) is 5.91 Å². The van der Waals surface area contributed by atoms with Crippen LogP contribution in [-0.2, 0) is 14.8 Å². The van der Waals surface area contributed by atoms with Crippen LogP contribution in [0.4, 0.5) is 10.8 Å². The van der Waals surface area contributed by atoms with Crippen molar-refractivity contribution >= 4 is 49.8 Å². The largest absolute Gasteiger partial charge is 0.325 e. The molecule has 0 aliphatic carbocycles. The maximum absolute atomic E-state index is 12.7. The second-order valence-corrected chi connectivity index (χ2v) is 11.5. The summed E-state index contributed by atoms with van der Waals surface area (Å²) in [7, 11) is -3.77. The molecule has 1 amide bonds. The second-order valence-electron chi connectivity index (χ2n) is 8.00. The van der Waals surface area contributed by atoms with Crippen molar-refractivity contribution in [3.63, 3.8) is 0 Å². The first-order valence-corrected chi connectivity index (χ1v) is 14.6. The standard InChI is InChI=1S/C25H21N7O3S3/c1-17-5-9-19(10-6-17)32-23(21-4-2-3-13-26-21)29-30-25(32)37-16-22(33)28-18-7-11-20(12-8-18)38(34,35)31-24-27-14-15-36-24/h2-15H,16H2,1H3,(H,27,31)(H,28,33). The number of thioether (sulfide) groups is 1. The van der Waals surface area contributed by atoms with E-state index in [4.69, 9.17) is 0 Å². The van der Waals surface area contributed by atoms with Gasteiger partial charge in [0.15, 0.2) is 16.1 Å². The third kappa shape index (κ3) is 5.90. The topological polar surface area (TPSA) is 132 Å². The molecule has 0 saturated heterocycles. The molecule has 5 rings (SSSR count). The molecular formula is C25H21N7O3S3. The van der Waals surface area contributed by atoms with Crippen LogP contribution in [0.5, 0.6) is 0 Å². The van der Waals surface area contributed by atoms with Crippen molar-refractivity contribution < 1.29 is 13.2 Å². The highest BCUT2D eigenvalue weighted by atomic mass is 32.2. The Morgan fingerprint density at radius 2 is 1.76 bits per heavy atom. The van der Waals surface area contributed by atoms with Crippen molar-refractivity contribution in [1.29, 1.82) is 0 Å². The number of carbonyl (C=O) groups excluding carboxylic acids is 1. The molecule has 3 heterocycles. The lowest BCUT2D eigenvalue weighted by molar-refractivity contribution is -0.113. The van der Waals surface area contributed by atoms with E-state index in [2.05, 4.69) is 30.2 Å². The van der Waals surface area contributed by atoms with E-state index in [0.717, 1.165) is 11.3 Å². The summed E-state index contributed by atoms with van der Waals surface area (Å²) in [6, 6.07) is 19.4. The Hall–Kier alpha value is -4.07. The first-order chi connectivity index (χ1) is 18.4. The molecular weight excluding hydrogens is 543 g/mol. The molecule has 0 fully saturated rings. The maximum Gasteiger partial charge on any atom is 0.263 e. The van der Waals surface area contributed by atoms with E-state index in [0.29, 0.717) is 22.4 Å². The molecule has 38 heavy (non-hydrogen) atoms. The van der Waals surface area contributed by atoms with Gasteiger partial charge in [-0.1, -0.05) is 35.5 Å². The van der Waals surface area contributed by atoms with Crippen LogP contribution in [0.1, 0.15) is 5.56 Å². The van der Waals surface area contributed by atoms with E-state index >= 15 is 0 Å². The van der Waals surface area contributed by atoms with Gasteiger partial charge in [0, 0.05) is 29.1 Å². The number of aromatic nitrogens is 5. The number of rotatable bonds is 9. The average Bonchev–Trinajstić information content (AvgIpc) is 3.58. The number of amides is 1. The molecule has 0 aliphatic heterocycles. The number of nitrogens with one attached hydrogen (secondary N) is 2. The van der Waals surface area contributed by atoms with E-state index in [9.17, 15) is 13.2 Å². The maximum atomic E-state index is 12.7. The van der Waals surface area contributed by atoms with Crippen molar-refractivity contribution in [2.75, 3.05) is 15.8 Å². The molecule has 0 radical (unpaired) electrons. The van der Waals surface area contributed by atoms with Crippen LogP contribution < -0.4 is 10.0 Å². The molecule has 13 heteroatoms. The van der Waals surface area contributed by atoms with Gasteiger partial charge in [-0.25, -0.2) is 13.4 Å². The van der Waals surface area contributed by atoms with Gasteiger partial charge in [0.1, 0.15) is 5.69 Å². The number of nitrogens with zero attached hydrogens (tertiary/aromatic N) is 5. The van der Waals surface area contributed by atoms with Crippen LogP contribution in [0.2, 0.25) is 0 Å². The fourth-order valence-electron chi connectivity index (χ4n) is 3.44. The molecule has 5 aromatic rings. The lowest BCUT2D eigenvalue weighted by Crippen LogP contribution is -2.15. The number of hydrogen-bond acceptors (Lipinski definition) is 9. The van der Waals surface area contributed by atoms with Gasteiger partial charge >= 0.3 is 0 Å². The van der Waals surface area contributed by atoms with E-state index < -0.39 is 10.0 Å². The third-order valence-corrected chi connectivity index (χ3v) is 8.36. The Kier molecular flexibility index (Phi) is 7.49. The minimum atomic E-state index is -3.77. The summed E-state index contributed by atoms with van der Waals surface area (Å²) >= 11 is 2.42. The van der Waals surface area contributed by atoms with E-state index in [1.807, 2.05) is 54.0 Å². The monoisotopic (exact) mass is 563 g/mol. The molecule has 0 spiro atoms. The van der Waals surface area contributed by atoms with Crippen LogP contribution in [0.15, 0.2) is 94.6 Å². The number of pyridine rings is 1.